The van der Waals surface area contributed by atoms with E-state index in [0.29, 0.717) is 22.9 Å². The third-order valence-electron chi connectivity index (χ3n) is 3.42. The van der Waals surface area contributed by atoms with Gasteiger partial charge < -0.3 is 10.4 Å². The molecule has 0 saturated carbocycles. The average molecular weight is 403 g/mol. The second-order valence-electron chi connectivity index (χ2n) is 5.51. The molecule has 0 saturated heterocycles. The summed E-state index contributed by atoms with van der Waals surface area (Å²) in [5, 5.41) is 11.2. The maximum atomic E-state index is 12.5. The van der Waals surface area contributed by atoms with E-state index >= 15 is 0 Å². The van der Waals surface area contributed by atoms with Crippen LogP contribution in [0.15, 0.2) is 60.7 Å². The molecule has 140 valence electrons. The maximum absolute atomic E-state index is 12.5. The molecule has 0 heterocycles. The first-order valence-electron chi connectivity index (χ1n) is 7.87. The SMILES string of the molecule is CC(=O)NC(CSC(=O)c1ccccc1)(SC(=O)c1ccccc1)C(=O)O. The first kappa shape index (κ1) is 20.7. The predicted octanol–water partition coefficient (Wildman–Crippen LogP) is 3.05. The first-order chi connectivity index (χ1) is 12.8. The summed E-state index contributed by atoms with van der Waals surface area (Å²) in [6, 6.07) is 16.5. The molecule has 0 aliphatic rings. The second-order valence-corrected chi connectivity index (χ2v) is 7.73. The molecule has 0 radical (unpaired) electrons. The Morgan fingerprint density at radius 1 is 0.889 bits per heavy atom. The summed E-state index contributed by atoms with van der Waals surface area (Å²) in [4.78, 5) is 46.4. The lowest BCUT2D eigenvalue weighted by atomic mass is 10.2. The fourth-order valence-electron chi connectivity index (χ4n) is 2.15. The molecular weight excluding hydrogens is 386 g/mol. The molecule has 1 amide bonds. The van der Waals surface area contributed by atoms with Gasteiger partial charge in [-0.2, -0.15) is 0 Å². The highest BCUT2D eigenvalue weighted by Crippen LogP contribution is 2.32. The van der Waals surface area contributed by atoms with Gasteiger partial charge in [0.2, 0.25) is 21.0 Å². The van der Waals surface area contributed by atoms with Crippen LogP contribution in [0.25, 0.3) is 0 Å². The summed E-state index contributed by atoms with van der Waals surface area (Å²) in [7, 11) is 0. The molecular formula is C19H17NO5S2. The highest BCUT2D eigenvalue weighted by Gasteiger charge is 2.43. The van der Waals surface area contributed by atoms with E-state index < -0.39 is 21.9 Å². The van der Waals surface area contributed by atoms with Crippen molar-refractivity contribution in [3.8, 4) is 0 Å². The molecule has 2 aromatic rings. The molecule has 0 aromatic heterocycles. The fraction of sp³-hybridized carbons (Fsp3) is 0.158. The number of hydrogen-bond acceptors (Lipinski definition) is 6. The normalized spacial score (nSPS) is 12.6. The van der Waals surface area contributed by atoms with Gasteiger partial charge in [0.15, 0.2) is 0 Å². The van der Waals surface area contributed by atoms with E-state index in [9.17, 15) is 24.3 Å². The van der Waals surface area contributed by atoms with Crippen LogP contribution in [0.3, 0.4) is 0 Å². The van der Waals surface area contributed by atoms with Crippen molar-refractivity contribution in [2.24, 2.45) is 0 Å². The number of hydrogen-bond donors (Lipinski definition) is 2. The molecule has 0 aliphatic heterocycles. The van der Waals surface area contributed by atoms with Crippen LogP contribution in [0.4, 0.5) is 0 Å². The number of amides is 1. The van der Waals surface area contributed by atoms with Crippen molar-refractivity contribution >= 4 is 45.6 Å². The van der Waals surface area contributed by atoms with Gasteiger partial charge in [-0.05, 0) is 11.8 Å². The van der Waals surface area contributed by atoms with Gasteiger partial charge in [-0.25, -0.2) is 4.79 Å². The molecule has 2 rings (SSSR count). The van der Waals surface area contributed by atoms with E-state index in [1.807, 2.05) is 0 Å². The number of carbonyl (C=O) groups is 4. The Bertz CT molecular complexity index is 842. The molecule has 27 heavy (non-hydrogen) atoms. The molecule has 0 aliphatic carbocycles. The topological polar surface area (TPSA) is 101 Å². The van der Waals surface area contributed by atoms with Gasteiger partial charge >= 0.3 is 5.97 Å². The highest BCUT2D eigenvalue weighted by molar-refractivity contribution is 8.18. The molecule has 0 spiro atoms. The Morgan fingerprint density at radius 3 is 1.81 bits per heavy atom. The van der Waals surface area contributed by atoms with Crippen LogP contribution in [-0.4, -0.2) is 37.8 Å². The van der Waals surface area contributed by atoms with E-state index in [0.717, 1.165) is 18.7 Å². The van der Waals surface area contributed by atoms with Crippen molar-refractivity contribution in [1.82, 2.24) is 5.32 Å². The number of nitrogens with one attached hydrogen (secondary N) is 1. The van der Waals surface area contributed by atoms with E-state index in [2.05, 4.69) is 5.32 Å². The summed E-state index contributed by atoms with van der Waals surface area (Å²) in [6.45, 7) is 1.16. The number of carboxylic acid groups (broad SMARTS) is 1. The van der Waals surface area contributed by atoms with Gasteiger partial charge in [0.1, 0.15) is 0 Å². The standard InChI is InChI=1S/C19H17NO5S2/c1-13(21)20-19(18(24)25,27-17(23)15-10-6-3-7-11-15)12-26-16(22)14-8-4-2-5-9-14/h2-11H,12H2,1H3,(H,20,21)(H,24,25). The Labute approximate surface area is 164 Å². The third kappa shape index (κ3) is 5.70. The zero-order valence-corrected chi connectivity index (χ0v) is 16.0. The number of benzene rings is 2. The van der Waals surface area contributed by atoms with Gasteiger partial charge in [-0.3, -0.25) is 14.4 Å². The number of thioether (sulfide) groups is 2. The quantitative estimate of drug-likeness (QED) is 0.685. The van der Waals surface area contributed by atoms with Crippen LogP contribution >= 0.6 is 23.5 Å². The van der Waals surface area contributed by atoms with Crippen LogP contribution in [0, 0.1) is 0 Å². The lowest BCUT2D eigenvalue weighted by Crippen LogP contribution is -2.54. The van der Waals surface area contributed by atoms with Crippen LogP contribution < -0.4 is 5.32 Å². The largest absolute Gasteiger partial charge is 0.479 e. The smallest absolute Gasteiger partial charge is 0.341 e. The molecule has 1 unspecified atom stereocenters. The predicted molar refractivity (Wildman–Crippen MR) is 106 cm³/mol. The fourth-order valence-corrected chi connectivity index (χ4v) is 4.25. The number of carbonyl (C=O) groups excluding carboxylic acids is 3. The van der Waals surface area contributed by atoms with E-state index in [1.165, 1.54) is 0 Å². The summed E-state index contributed by atoms with van der Waals surface area (Å²) in [6.07, 6.45) is 0. The van der Waals surface area contributed by atoms with Gasteiger partial charge in [0, 0.05) is 23.8 Å². The van der Waals surface area contributed by atoms with Crippen molar-refractivity contribution in [3.05, 3.63) is 71.8 Å². The Morgan fingerprint density at radius 2 is 1.37 bits per heavy atom. The molecule has 0 bridgehead atoms. The summed E-state index contributed by atoms with van der Waals surface area (Å²) < 4.78 is 0. The van der Waals surface area contributed by atoms with Crippen molar-refractivity contribution in [2.45, 2.75) is 11.8 Å². The number of rotatable bonds is 7. The summed E-state index contributed by atoms with van der Waals surface area (Å²) in [5.41, 5.74) is 0.710. The van der Waals surface area contributed by atoms with Crippen LogP contribution in [-0.2, 0) is 9.59 Å². The zero-order valence-electron chi connectivity index (χ0n) is 14.4. The van der Waals surface area contributed by atoms with Gasteiger partial charge in [0.25, 0.3) is 0 Å². The van der Waals surface area contributed by atoms with Crippen LogP contribution in [0.1, 0.15) is 27.6 Å². The minimum atomic E-state index is -1.96. The minimum Gasteiger partial charge on any atom is -0.479 e. The molecule has 6 nitrogen and oxygen atoms in total. The molecule has 2 aromatic carbocycles. The minimum absolute atomic E-state index is 0.304. The average Bonchev–Trinajstić information content (AvgIpc) is 2.66. The monoisotopic (exact) mass is 403 g/mol. The van der Waals surface area contributed by atoms with Crippen LogP contribution in [0.5, 0.6) is 0 Å². The number of aliphatic carboxylic acids is 1. The maximum Gasteiger partial charge on any atom is 0.341 e. The highest BCUT2D eigenvalue weighted by atomic mass is 32.2. The van der Waals surface area contributed by atoms with Crippen LogP contribution in [0.2, 0.25) is 0 Å². The molecule has 8 heteroatoms. The van der Waals surface area contributed by atoms with Crippen molar-refractivity contribution in [2.75, 3.05) is 5.75 Å². The summed E-state index contributed by atoms with van der Waals surface area (Å²) >= 11 is 1.21. The lowest BCUT2D eigenvalue weighted by molar-refractivity contribution is -0.142. The van der Waals surface area contributed by atoms with E-state index in [4.69, 9.17) is 0 Å². The summed E-state index contributed by atoms with van der Waals surface area (Å²) in [5.74, 6) is -2.32. The van der Waals surface area contributed by atoms with Gasteiger partial charge in [-0.15, -0.1) is 0 Å². The first-order valence-corrected chi connectivity index (χ1v) is 9.67. The Hall–Kier alpha value is -2.58. The van der Waals surface area contributed by atoms with E-state index in [-0.39, 0.29) is 10.9 Å². The molecule has 1 atom stereocenters. The third-order valence-corrected chi connectivity index (χ3v) is 5.86. The molecule has 2 N–H and O–H groups in total. The number of carboxylic acids is 1. The Balaban J connectivity index is 2.23. The molecule has 0 fully saturated rings. The lowest BCUT2D eigenvalue weighted by Gasteiger charge is -2.28. The van der Waals surface area contributed by atoms with Crippen molar-refractivity contribution < 1.29 is 24.3 Å². The van der Waals surface area contributed by atoms with Gasteiger partial charge in [0.05, 0.1) is 0 Å². The Kier molecular flexibility index (Phi) is 7.20. The van der Waals surface area contributed by atoms with Crippen molar-refractivity contribution in [1.29, 1.82) is 0 Å². The zero-order chi connectivity index (χ0) is 19.9. The van der Waals surface area contributed by atoms with E-state index in [1.54, 1.807) is 60.7 Å². The second kappa shape index (κ2) is 9.38. The van der Waals surface area contributed by atoms with Gasteiger partial charge in [-0.1, -0.05) is 72.4 Å². The van der Waals surface area contributed by atoms with Crippen molar-refractivity contribution in [3.63, 3.8) is 0 Å².